The van der Waals surface area contributed by atoms with E-state index in [2.05, 4.69) is 47.2 Å². The summed E-state index contributed by atoms with van der Waals surface area (Å²) in [5, 5.41) is 3.04. The summed E-state index contributed by atoms with van der Waals surface area (Å²) in [5.41, 5.74) is 6.79. The Balaban J connectivity index is 1.41. The second-order valence-corrected chi connectivity index (χ2v) is 8.11. The van der Waals surface area contributed by atoms with Gasteiger partial charge in [-0.15, -0.1) is 0 Å². The standard InChI is InChI=1S/C23H30N4O2/c1-16-12-17(2)14-19(13-16)26-8-10-27(11-9-26)23(28)25-21-15-18-6-4-5-7-20(18)24-22(21)29-3/h12-15H,4-11H2,1-3H3,(H,25,28). The van der Waals surface area contributed by atoms with E-state index in [9.17, 15) is 4.79 Å². The average molecular weight is 395 g/mol. The van der Waals surface area contributed by atoms with Crippen LogP contribution in [0.1, 0.15) is 35.2 Å². The van der Waals surface area contributed by atoms with Crippen LogP contribution in [-0.4, -0.2) is 49.2 Å². The largest absolute Gasteiger partial charge is 0.480 e. The van der Waals surface area contributed by atoms with Gasteiger partial charge < -0.3 is 19.9 Å². The van der Waals surface area contributed by atoms with E-state index >= 15 is 0 Å². The van der Waals surface area contributed by atoms with Crippen molar-refractivity contribution in [3.63, 3.8) is 0 Å². The zero-order valence-corrected chi connectivity index (χ0v) is 17.6. The number of carbonyl (C=O) groups excluding carboxylic acids is 1. The number of ether oxygens (including phenoxy) is 1. The van der Waals surface area contributed by atoms with Gasteiger partial charge in [0.05, 0.1) is 7.11 Å². The lowest BCUT2D eigenvalue weighted by molar-refractivity contribution is 0.208. The number of carbonyl (C=O) groups is 1. The molecule has 6 nitrogen and oxygen atoms in total. The Morgan fingerprint density at radius 1 is 1.00 bits per heavy atom. The summed E-state index contributed by atoms with van der Waals surface area (Å²) in [6.45, 7) is 7.30. The lowest BCUT2D eigenvalue weighted by Crippen LogP contribution is -2.50. The predicted octanol–water partition coefficient (Wildman–Crippen LogP) is 3.94. The molecule has 154 valence electrons. The van der Waals surface area contributed by atoms with E-state index in [1.807, 2.05) is 11.0 Å². The third-order valence-corrected chi connectivity index (χ3v) is 5.84. The molecule has 2 heterocycles. The molecule has 0 radical (unpaired) electrons. The quantitative estimate of drug-likeness (QED) is 0.857. The topological polar surface area (TPSA) is 57.7 Å². The Morgan fingerprint density at radius 3 is 2.38 bits per heavy atom. The third-order valence-electron chi connectivity index (χ3n) is 5.84. The van der Waals surface area contributed by atoms with Gasteiger partial charge in [-0.3, -0.25) is 0 Å². The van der Waals surface area contributed by atoms with Crippen LogP contribution in [0.25, 0.3) is 0 Å². The Bertz CT molecular complexity index is 884. The molecule has 1 fully saturated rings. The summed E-state index contributed by atoms with van der Waals surface area (Å²) < 4.78 is 5.44. The van der Waals surface area contributed by atoms with Crippen molar-refractivity contribution in [1.82, 2.24) is 9.88 Å². The van der Waals surface area contributed by atoms with E-state index in [4.69, 9.17) is 4.74 Å². The Kier molecular flexibility index (Phi) is 5.60. The number of amides is 2. The van der Waals surface area contributed by atoms with Gasteiger partial charge >= 0.3 is 6.03 Å². The van der Waals surface area contributed by atoms with Crippen LogP contribution < -0.4 is 15.0 Å². The number of urea groups is 1. The van der Waals surface area contributed by atoms with Crippen molar-refractivity contribution < 1.29 is 9.53 Å². The summed E-state index contributed by atoms with van der Waals surface area (Å²) in [4.78, 5) is 21.7. The van der Waals surface area contributed by atoms with Crippen molar-refractivity contribution in [2.45, 2.75) is 39.5 Å². The zero-order chi connectivity index (χ0) is 20.4. The molecular weight excluding hydrogens is 364 g/mol. The number of fused-ring (bicyclic) bond motifs is 1. The maximum absolute atomic E-state index is 12.9. The van der Waals surface area contributed by atoms with Crippen LogP contribution in [0.4, 0.5) is 16.2 Å². The molecule has 1 aliphatic carbocycles. The summed E-state index contributed by atoms with van der Waals surface area (Å²) in [5.74, 6) is 0.507. The van der Waals surface area contributed by atoms with Gasteiger partial charge in [-0.05, 0) is 74.4 Å². The summed E-state index contributed by atoms with van der Waals surface area (Å²) in [6, 6.07) is 8.58. The number of aryl methyl sites for hydroxylation is 4. The fourth-order valence-electron chi connectivity index (χ4n) is 4.36. The minimum atomic E-state index is -0.0825. The predicted molar refractivity (Wildman–Crippen MR) is 116 cm³/mol. The van der Waals surface area contributed by atoms with Gasteiger partial charge in [0.25, 0.3) is 0 Å². The molecule has 1 saturated heterocycles. The molecule has 2 amide bonds. The van der Waals surface area contributed by atoms with Crippen LogP contribution in [0.15, 0.2) is 24.3 Å². The Labute approximate surface area is 172 Å². The molecule has 0 bridgehead atoms. The highest BCUT2D eigenvalue weighted by Gasteiger charge is 2.23. The van der Waals surface area contributed by atoms with Crippen LogP contribution >= 0.6 is 0 Å². The highest BCUT2D eigenvalue weighted by molar-refractivity contribution is 5.91. The number of nitrogens with one attached hydrogen (secondary N) is 1. The maximum atomic E-state index is 12.9. The van der Waals surface area contributed by atoms with Crippen molar-refractivity contribution in [3.8, 4) is 5.88 Å². The number of rotatable bonds is 3. The van der Waals surface area contributed by atoms with Crippen LogP contribution in [-0.2, 0) is 12.8 Å². The summed E-state index contributed by atoms with van der Waals surface area (Å²) >= 11 is 0. The molecule has 1 N–H and O–H groups in total. The molecule has 6 heteroatoms. The van der Waals surface area contributed by atoms with Gasteiger partial charge in [0.15, 0.2) is 0 Å². The second-order valence-electron chi connectivity index (χ2n) is 8.11. The lowest BCUT2D eigenvalue weighted by Gasteiger charge is -2.36. The highest BCUT2D eigenvalue weighted by atomic mass is 16.5. The molecule has 0 atom stereocenters. The van der Waals surface area contributed by atoms with Crippen LogP contribution in [0.5, 0.6) is 5.88 Å². The number of aromatic nitrogens is 1. The van der Waals surface area contributed by atoms with Crippen LogP contribution in [0, 0.1) is 13.8 Å². The number of benzene rings is 1. The first-order valence-electron chi connectivity index (χ1n) is 10.5. The first-order chi connectivity index (χ1) is 14.0. The van der Waals surface area contributed by atoms with Gasteiger partial charge in [-0.25, -0.2) is 9.78 Å². The first-order valence-corrected chi connectivity index (χ1v) is 10.5. The number of methoxy groups -OCH3 is 1. The number of hydrogen-bond donors (Lipinski definition) is 1. The van der Waals surface area contributed by atoms with Crippen molar-refractivity contribution in [2.24, 2.45) is 0 Å². The first kappa shape index (κ1) is 19.6. The maximum Gasteiger partial charge on any atom is 0.322 e. The lowest BCUT2D eigenvalue weighted by atomic mass is 9.96. The molecule has 1 aliphatic heterocycles. The van der Waals surface area contributed by atoms with Crippen molar-refractivity contribution in [1.29, 1.82) is 0 Å². The highest BCUT2D eigenvalue weighted by Crippen LogP contribution is 2.30. The fourth-order valence-corrected chi connectivity index (χ4v) is 4.36. The van der Waals surface area contributed by atoms with Gasteiger partial charge in [-0.1, -0.05) is 6.07 Å². The van der Waals surface area contributed by atoms with Gasteiger partial charge in [0.1, 0.15) is 5.69 Å². The van der Waals surface area contributed by atoms with Crippen LogP contribution in [0.2, 0.25) is 0 Å². The molecule has 0 unspecified atom stereocenters. The fraction of sp³-hybridized carbons (Fsp3) is 0.478. The average Bonchev–Trinajstić information content (AvgIpc) is 2.72. The monoisotopic (exact) mass is 394 g/mol. The van der Waals surface area contributed by atoms with E-state index in [1.54, 1.807) is 7.11 Å². The number of nitrogens with zero attached hydrogens (tertiary/aromatic N) is 3. The number of anilines is 2. The van der Waals surface area contributed by atoms with E-state index in [-0.39, 0.29) is 6.03 Å². The Hall–Kier alpha value is -2.76. The SMILES string of the molecule is COc1nc2c(cc1NC(=O)N1CCN(c3cc(C)cc(C)c3)CC1)CCCC2. The normalized spacial score (nSPS) is 16.4. The molecule has 0 spiro atoms. The number of pyridine rings is 1. The van der Waals surface area contributed by atoms with E-state index in [1.165, 1.54) is 35.2 Å². The Morgan fingerprint density at radius 2 is 1.69 bits per heavy atom. The minimum Gasteiger partial charge on any atom is -0.480 e. The van der Waals surface area contributed by atoms with Gasteiger partial charge in [-0.2, -0.15) is 0 Å². The number of hydrogen-bond acceptors (Lipinski definition) is 4. The molecule has 4 rings (SSSR count). The van der Waals surface area contributed by atoms with Gasteiger partial charge in [0, 0.05) is 37.6 Å². The zero-order valence-electron chi connectivity index (χ0n) is 17.6. The third kappa shape index (κ3) is 4.31. The summed E-state index contributed by atoms with van der Waals surface area (Å²) in [6.07, 6.45) is 4.35. The van der Waals surface area contributed by atoms with Crippen molar-refractivity contribution >= 4 is 17.4 Å². The molecule has 2 aromatic rings. The second kappa shape index (κ2) is 8.31. The smallest absolute Gasteiger partial charge is 0.322 e. The van der Waals surface area contributed by atoms with Gasteiger partial charge in [0.2, 0.25) is 5.88 Å². The summed E-state index contributed by atoms with van der Waals surface area (Å²) in [7, 11) is 1.61. The number of piperazine rings is 1. The molecule has 2 aliphatic rings. The van der Waals surface area contributed by atoms with E-state index < -0.39 is 0 Å². The van der Waals surface area contributed by atoms with Crippen LogP contribution in [0.3, 0.4) is 0 Å². The van der Waals surface area contributed by atoms with E-state index in [0.29, 0.717) is 24.7 Å². The molecule has 0 saturated carbocycles. The molecular formula is C23H30N4O2. The molecule has 1 aromatic carbocycles. The van der Waals surface area contributed by atoms with E-state index in [0.717, 1.165) is 31.6 Å². The minimum absolute atomic E-state index is 0.0825. The molecule has 29 heavy (non-hydrogen) atoms. The van der Waals surface area contributed by atoms with Crippen molar-refractivity contribution in [3.05, 3.63) is 46.6 Å². The molecule has 1 aromatic heterocycles. The van der Waals surface area contributed by atoms with Crippen molar-refractivity contribution in [2.75, 3.05) is 43.5 Å².